The van der Waals surface area contributed by atoms with Crippen LogP contribution in [0.3, 0.4) is 0 Å². The number of carbonyl (C=O) groups is 2. The number of carbonyl (C=O) groups excluding carboxylic acids is 2. The third kappa shape index (κ3) is 5.64. The van der Waals surface area contributed by atoms with Gasteiger partial charge in [-0.2, -0.15) is 0 Å². The number of aryl methyl sites for hydroxylation is 2. The van der Waals surface area contributed by atoms with Crippen molar-refractivity contribution in [3.05, 3.63) is 64.7 Å². The van der Waals surface area contributed by atoms with E-state index in [2.05, 4.69) is 10.6 Å². The zero-order valence-corrected chi connectivity index (χ0v) is 14.9. The van der Waals surface area contributed by atoms with Crippen LogP contribution in [0, 0.1) is 13.8 Å². The molecular formula is C20H24N2O3. The molecule has 0 heterocycles. The third-order valence-electron chi connectivity index (χ3n) is 4.07. The van der Waals surface area contributed by atoms with Gasteiger partial charge in [-0.05, 0) is 61.2 Å². The van der Waals surface area contributed by atoms with Crippen molar-refractivity contribution >= 4 is 11.8 Å². The topological polar surface area (TPSA) is 67.4 Å². The summed E-state index contributed by atoms with van der Waals surface area (Å²) in [5.74, 6) is 0.362. The number of nitrogens with one attached hydrogen (secondary N) is 2. The van der Waals surface area contributed by atoms with Crippen molar-refractivity contribution in [3.63, 3.8) is 0 Å². The molecule has 0 aromatic heterocycles. The van der Waals surface area contributed by atoms with Gasteiger partial charge in [-0.3, -0.25) is 9.59 Å². The quantitative estimate of drug-likeness (QED) is 0.813. The van der Waals surface area contributed by atoms with Gasteiger partial charge < -0.3 is 15.4 Å². The molecule has 0 radical (unpaired) electrons. The summed E-state index contributed by atoms with van der Waals surface area (Å²) in [6, 6.07) is 13.2. The molecule has 2 aromatic carbocycles. The Bertz CT molecular complexity index is 739. The first-order chi connectivity index (χ1) is 12.0. The SMILES string of the molecule is COc1ccc(CCNC(=O)CNC(=O)c2ccc(C)c(C)c2)cc1. The van der Waals surface area contributed by atoms with Gasteiger partial charge in [0.1, 0.15) is 5.75 Å². The van der Waals surface area contributed by atoms with Gasteiger partial charge in [-0.1, -0.05) is 18.2 Å². The Hall–Kier alpha value is -2.82. The van der Waals surface area contributed by atoms with Crippen LogP contribution in [-0.4, -0.2) is 32.0 Å². The second-order valence-corrected chi connectivity index (χ2v) is 5.93. The Morgan fingerprint density at radius 2 is 1.68 bits per heavy atom. The van der Waals surface area contributed by atoms with Crippen molar-refractivity contribution in [1.29, 1.82) is 0 Å². The highest BCUT2D eigenvalue weighted by atomic mass is 16.5. The van der Waals surface area contributed by atoms with Crippen molar-refractivity contribution in [2.45, 2.75) is 20.3 Å². The standard InChI is InChI=1S/C20H24N2O3/c1-14-4-7-17(12-15(14)2)20(24)22-13-19(23)21-11-10-16-5-8-18(25-3)9-6-16/h4-9,12H,10-11,13H2,1-3H3,(H,21,23)(H,22,24). The molecule has 0 saturated heterocycles. The summed E-state index contributed by atoms with van der Waals surface area (Å²) in [6.45, 7) is 4.43. The molecule has 5 heteroatoms. The lowest BCUT2D eigenvalue weighted by Gasteiger charge is -2.08. The molecule has 2 aromatic rings. The normalized spacial score (nSPS) is 10.2. The predicted molar refractivity (Wildman–Crippen MR) is 98.0 cm³/mol. The Morgan fingerprint density at radius 1 is 0.960 bits per heavy atom. The average molecular weight is 340 g/mol. The Balaban J connectivity index is 1.72. The van der Waals surface area contributed by atoms with Crippen molar-refractivity contribution in [1.82, 2.24) is 10.6 Å². The average Bonchev–Trinajstić information content (AvgIpc) is 2.62. The molecule has 2 N–H and O–H groups in total. The molecule has 0 bridgehead atoms. The molecule has 2 rings (SSSR count). The summed E-state index contributed by atoms with van der Waals surface area (Å²) in [7, 11) is 1.63. The number of methoxy groups -OCH3 is 1. The van der Waals surface area contributed by atoms with Gasteiger partial charge in [0, 0.05) is 12.1 Å². The first-order valence-corrected chi connectivity index (χ1v) is 8.24. The minimum atomic E-state index is -0.242. The molecule has 0 unspecified atom stereocenters. The van der Waals surface area contributed by atoms with Gasteiger partial charge in [-0.25, -0.2) is 0 Å². The summed E-state index contributed by atoms with van der Waals surface area (Å²) in [4.78, 5) is 23.9. The van der Waals surface area contributed by atoms with Crippen LogP contribution in [0.2, 0.25) is 0 Å². The van der Waals surface area contributed by atoms with E-state index in [1.807, 2.05) is 50.2 Å². The molecule has 2 amide bonds. The summed E-state index contributed by atoms with van der Waals surface area (Å²) >= 11 is 0. The van der Waals surface area contributed by atoms with Crippen LogP contribution in [-0.2, 0) is 11.2 Å². The highest BCUT2D eigenvalue weighted by molar-refractivity contribution is 5.96. The maximum atomic E-state index is 12.1. The van der Waals surface area contributed by atoms with E-state index in [4.69, 9.17) is 4.74 Å². The molecule has 0 saturated carbocycles. The lowest BCUT2D eigenvalue weighted by Crippen LogP contribution is -2.37. The number of rotatable bonds is 7. The lowest BCUT2D eigenvalue weighted by atomic mass is 10.1. The summed E-state index contributed by atoms with van der Waals surface area (Å²) < 4.78 is 5.11. The van der Waals surface area contributed by atoms with Crippen molar-refractivity contribution in [2.24, 2.45) is 0 Å². The van der Waals surface area contributed by atoms with Crippen LogP contribution in [0.4, 0.5) is 0 Å². The van der Waals surface area contributed by atoms with Gasteiger partial charge >= 0.3 is 0 Å². The maximum Gasteiger partial charge on any atom is 0.251 e. The molecule has 132 valence electrons. The molecule has 0 spiro atoms. The molecular weight excluding hydrogens is 316 g/mol. The first kappa shape index (κ1) is 18.5. The summed E-state index contributed by atoms with van der Waals surface area (Å²) in [5, 5.41) is 5.44. The smallest absolute Gasteiger partial charge is 0.251 e. The fourth-order valence-electron chi connectivity index (χ4n) is 2.35. The third-order valence-corrected chi connectivity index (χ3v) is 4.07. The maximum absolute atomic E-state index is 12.1. The summed E-state index contributed by atoms with van der Waals surface area (Å²) in [5.41, 5.74) is 3.86. The van der Waals surface area contributed by atoms with Gasteiger partial charge in [0.15, 0.2) is 0 Å². The largest absolute Gasteiger partial charge is 0.497 e. The molecule has 0 aliphatic carbocycles. The van der Waals surface area contributed by atoms with Crippen molar-refractivity contribution in [3.8, 4) is 5.75 Å². The molecule has 25 heavy (non-hydrogen) atoms. The molecule has 5 nitrogen and oxygen atoms in total. The highest BCUT2D eigenvalue weighted by Crippen LogP contribution is 2.11. The van der Waals surface area contributed by atoms with E-state index >= 15 is 0 Å². The van der Waals surface area contributed by atoms with Gasteiger partial charge in [0.2, 0.25) is 5.91 Å². The fourth-order valence-corrected chi connectivity index (χ4v) is 2.35. The van der Waals surface area contributed by atoms with Crippen LogP contribution >= 0.6 is 0 Å². The van der Waals surface area contributed by atoms with Crippen LogP contribution in [0.15, 0.2) is 42.5 Å². The zero-order chi connectivity index (χ0) is 18.2. The number of hydrogen-bond donors (Lipinski definition) is 2. The van der Waals surface area contributed by atoms with E-state index in [0.717, 1.165) is 28.9 Å². The Morgan fingerprint density at radius 3 is 2.32 bits per heavy atom. The van der Waals surface area contributed by atoms with Gasteiger partial charge in [0.05, 0.1) is 13.7 Å². The number of benzene rings is 2. The van der Waals surface area contributed by atoms with Gasteiger partial charge in [0.25, 0.3) is 5.91 Å². The minimum Gasteiger partial charge on any atom is -0.497 e. The molecule has 0 fully saturated rings. The predicted octanol–water partition coefficient (Wildman–Crippen LogP) is 2.40. The van der Waals surface area contributed by atoms with E-state index in [-0.39, 0.29) is 18.4 Å². The van der Waals surface area contributed by atoms with Crippen LogP contribution in [0.5, 0.6) is 5.75 Å². The highest BCUT2D eigenvalue weighted by Gasteiger charge is 2.08. The van der Waals surface area contributed by atoms with Crippen molar-refractivity contribution < 1.29 is 14.3 Å². The fraction of sp³-hybridized carbons (Fsp3) is 0.300. The van der Waals surface area contributed by atoms with Gasteiger partial charge in [-0.15, -0.1) is 0 Å². The van der Waals surface area contributed by atoms with Crippen LogP contribution < -0.4 is 15.4 Å². The minimum absolute atomic E-state index is 0.0334. The van der Waals surface area contributed by atoms with Crippen molar-refractivity contribution in [2.75, 3.05) is 20.2 Å². The first-order valence-electron chi connectivity index (χ1n) is 8.24. The molecule has 0 aliphatic rings. The second-order valence-electron chi connectivity index (χ2n) is 5.93. The lowest BCUT2D eigenvalue weighted by molar-refractivity contribution is -0.120. The van der Waals surface area contributed by atoms with Crippen LogP contribution in [0.25, 0.3) is 0 Å². The second kappa shape index (κ2) is 8.87. The zero-order valence-electron chi connectivity index (χ0n) is 14.9. The summed E-state index contributed by atoms with van der Waals surface area (Å²) in [6.07, 6.45) is 0.723. The number of hydrogen-bond acceptors (Lipinski definition) is 3. The number of ether oxygens (including phenoxy) is 1. The monoisotopic (exact) mass is 340 g/mol. The van der Waals surface area contributed by atoms with E-state index < -0.39 is 0 Å². The van der Waals surface area contributed by atoms with E-state index in [0.29, 0.717) is 12.1 Å². The molecule has 0 aliphatic heterocycles. The molecule has 0 atom stereocenters. The van der Waals surface area contributed by atoms with E-state index in [1.54, 1.807) is 13.2 Å². The Labute approximate surface area is 148 Å². The van der Waals surface area contributed by atoms with E-state index in [1.165, 1.54) is 0 Å². The van der Waals surface area contributed by atoms with Crippen LogP contribution in [0.1, 0.15) is 27.0 Å². The number of amides is 2. The van der Waals surface area contributed by atoms with E-state index in [9.17, 15) is 9.59 Å². The Kier molecular flexibility index (Phi) is 6.57.